The van der Waals surface area contributed by atoms with Gasteiger partial charge in [0.2, 0.25) is 0 Å². The lowest BCUT2D eigenvalue weighted by atomic mass is 10.1. The molecule has 0 spiro atoms. The second kappa shape index (κ2) is 8.03. The third kappa shape index (κ3) is 4.45. The third-order valence-corrected chi connectivity index (χ3v) is 4.84. The summed E-state index contributed by atoms with van der Waals surface area (Å²) in [5.41, 5.74) is -1.62. The van der Waals surface area contributed by atoms with Crippen molar-refractivity contribution >= 4 is 22.4 Å². The summed E-state index contributed by atoms with van der Waals surface area (Å²) >= 11 is 0.752. The molecule has 0 saturated heterocycles. The summed E-state index contributed by atoms with van der Waals surface area (Å²) < 4.78 is 66.4. The van der Waals surface area contributed by atoms with Gasteiger partial charge in [0.1, 0.15) is 23.7 Å². The molecular formula is C18H10F5N3O2S. The highest BCUT2D eigenvalue weighted by atomic mass is 32.1. The first-order chi connectivity index (χ1) is 13.7. The van der Waals surface area contributed by atoms with E-state index >= 15 is 0 Å². The maximum absolute atomic E-state index is 13.7. The largest absolute Gasteiger partial charge is 0.416 e. The normalized spacial score (nSPS) is 11.3. The number of anilines is 1. The Labute approximate surface area is 164 Å². The highest BCUT2D eigenvalue weighted by molar-refractivity contribution is 7.19. The predicted molar refractivity (Wildman–Crippen MR) is 96.4 cm³/mol. The van der Waals surface area contributed by atoms with Crippen LogP contribution in [0.1, 0.15) is 21.6 Å². The number of nitroso groups, excluding NO2 is 1. The van der Waals surface area contributed by atoms with E-state index in [0.717, 1.165) is 41.7 Å². The number of carbonyl (C=O) groups is 1. The molecule has 3 rings (SSSR count). The Hall–Kier alpha value is -3.21. The zero-order chi connectivity index (χ0) is 21.2. The fourth-order valence-corrected chi connectivity index (χ4v) is 3.48. The van der Waals surface area contributed by atoms with Crippen LogP contribution in [0.5, 0.6) is 0 Å². The molecule has 11 heteroatoms. The quantitative estimate of drug-likeness (QED) is 0.424. The average molecular weight is 427 g/mol. The van der Waals surface area contributed by atoms with Crippen LogP contribution in [0.3, 0.4) is 0 Å². The van der Waals surface area contributed by atoms with E-state index in [1.54, 1.807) is 0 Å². The van der Waals surface area contributed by atoms with Crippen molar-refractivity contribution in [3.8, 4) is 10.4 Å². The van der Waals surface area contributed by atoms with Gasteiger partial charge in [0, 0.05) is 0 Å². The number of nitrogens with zero attached hydrogens (tertiary/aromatic N) is 2. The van der Waals surface area contributed by atoms with Crippen LogP contribution < -0.4 is 5.32 Å². The summed E-state index contributed by atoms with van der Waals surface area (Å²) in [5, 5.41) is 4.73. The van der Waals surface area contributed by atoms with Crippen molar-refractivity contribution in [2.24, 2.45) is 5.18 Å². The fraction of sp³-hybridized carbons (Fsp3) is 0.111. The Morgan fingerprint density at radius 3 is 2.38 bits per heavy atom. The van der Waals surface area contributed by atoms with Crippen molar-refractivity contribution in [2.45, 2.75) is 12.7 Å². The molecule has 0 bridgehead atoms. The summed E-state index contributed by atoms with van der Waals surface area (Å²) in [7, 11) is 0. The molecule has 29 heavy (non-hydrogen) atoms. The Kier molecular flexibility index (Phi) is 5.69. The van der Waals surface area contributed by atoms with Gasteiger partial charge in [-0.3, -0.25) is 10.1 Å². The fourth-order valence-electron chi connectivity index (χ4n) is 2.51. The lowest BCUT2D eigenvalue weighted by Gasteiger charge is -2.08. The number of rotatable bonds is 5. The maximum atomic E-state index is 13.7. The number of alkyl halides is 3. The summed E-state index contributed by atoms with van der Waals surface area (Å²) in [5.74, 6) is -3.31. The highest BCUT2D eigenvalue weighted by Gasteiger charge is 2.31. The average Bonchev–Trinajstić information content (AvgIpc) is 3.03. The monoisotopic (exact) mass is 427 g/mol. The van der Waals surface area contributed by atoms with Gasteiger partial charge >= 0.3 is 6.18 Å². The number of benzene rings is 2. The van der Waals surface area contributed by atoms with E-state index < -0.39 is 41.4 Å². The minimum Gasteiger partial charge on any atom is -0.298 e. The molecule has 1 N–H and O–H groups in total. The zero-order valence-electron chi connectivity index (χ0n) is 14.3. The van der Waals surface area contributed by atoms with Crippen molar-refractivity contribution in [3.05, 3.63) is 75.8 Å². The summed E-state index contributed by atoms with van der Waals surface area (Å²) in [6.07, 6.45) is -4.58. The molecule has 0 fully saturated rings. The van der Waals surface area contributed by atoms with Crippen molar-refractivity contribution in [1.29, 1.82) is 0 Å². The van der Waals surface area contributed by atoms with Crippen LogP contribution in [0.25, 0.3) is 10.4 Å². The molecule has 0 atom stereocenters. The smallest absolute Gasteiger partial charge is 0.298 e. The zero-order valence-corrected chi connectivity index (χ0v) is 15.1. The van der Waals surface area contributed by atoms with Crippen LogP contribution in [-0.4, -0.2) is 10.9 Å². The standard InChI is InChI=1S/C18H10F5N3O2S/c19-11-5-2-6-12(20)14(11)16(27)26-17-25-13(8-24-28)15(29-17)9-3-1-4-10(7-9)18(21,22)23/h1-7H,8H2,(H,25,26,27). The van der Waals surface area contributed by atoms with Crippen molar-refractivity contribution in [2.75, 3.05) is 5.32 Å². The molecule has 1 amide bonds. The second-order valence-electron chi connectivity index (χ2n) is 5.71. The molecule has 0 unspecified atom stereocenters. The van der Waals surface area contributed by atoms with Crippen molar-refractivity contribution in [1.82, 2.24) is 4.98 Å². The van der Waals surface area contributed by atoms with Crippen LogP contribution >= 0.6 is 11.3 Å². The Balaban J connectivity index is 1.98. The molecule has 0 radical (unpaired) electrons. The molecular weight excluding hydrogens is 417 g/mol. The summed E-state index contributed by atoms with van der Waals surface area (Å²) in [6.45, 7) is -0.466. The molecule has 5 nitrogen and oxygen atoms in total. The van der Waals surface area contributed by atoms with E-state index in [2.05, 4.69) is 15.5 Å². The van der Waals surface area contributed by atoms with Gasteiger partial charge in [0.05, 0.1) is 16.1 Å². The van der Waals surface area contributed by atoms with Crippen LogP contribution in [-0.2, 0) is 12.7 Å². The summed E-state index contributed by atoms with van der Waals surface area (Å²) in [4.78, 5) is 27.0. The number of amides is 1. The molecule has 0 aliphatic carbocycles. The van der Waals surface area contributed by atoms with Crippen LogP contribution in [0.2, 0.25) is 0 Å². The first-order valence-corrected chi connectivity index (χ1v) is 8.74. The third-order valence-electron chi connectivity index (χ3n) is 3.77. The topological polar surface area (TPSA) is 71.4 Å². The van der Waals surface area contributed by atoms with Crippen LogP contribution in [0.15, 0.2) is 47.6 Å². The number of thiazole rings is 1. The minimum absolute atomic E-state index is 0.0219. The van der Waals surface area contributed by atoms with E-state index in [4.69, 9.17) is 0 Å². The number of nitrogens with one attached hydrogen (secondary N) is 1. The van der Waals surface area contributed by atoms with E-state index in [9.17, 15) is 31.7 Å². The first kappa shape index (κ1) is 20.5. The van der Waals surface area contributed by atoms with Gasteiger partial charge in [-0.15, -0.1) is 0 Å². The molecule has 0 saturated carbocycles. The molecule has 1 aromatic heterocycles. The lowest BCUT2D eigenvalue weighted by Crippen LogP contribution is -2.15. The van der Waals surface area contributed by atoms with E-state index in [1.165, 1.54) is 12.1 Å². The molecule has 150 valence electrons. The number of halogens is 5. The SMILES string of the molecule is O=NCc1nc(NC(=O)c2c(F)cccc2F)sc1-c1cccc(C(F)(F)F)c1. The van der Waals surface area contributed by atoms with E-state index in [0.29, 0.717) is 0 Å². The molecule has 3 aromatic rings. The van der Waals surface area contributed by atoms with Crippen molar-refractivity contribution in [3.63, 3.8) is 0 Å². The Bertz CT molecular complexity index is 1060. The van der Waals surface area contributed by atoms with Gasteiger partial charge in [0.15, 0.2) is 5.13 Å². The number of hydrogen-bond acceptors (Lipinski definition) is 5. The van der Waals surface area contributed by atoms with Gasteiger partial charge in [-0.25, -0.2) is 13.8 Å². The Morgan fingerprint density at radius 1 is 1.10 bits per heavy atom. The van der Waals surface area contributed by atoms with E-state index in [-0.39, 0.29) is 21.3 Å². The summed E-state index contributed by atoms with van der Waals surface area (Å²) in [6, 6.07) is 7.19. The maximum Gasteiger partial charge on any atom is 0.416 e. The predicted octanol–water partition coefficient (Wildman–Crippen LogP) is 5.63. The number of hydrogen-bond donors (Lipinski definition) is 1. The molecule has 2 aromatic carbocycles. The first-order valence-electron chi connectivity index (χ1n) is 7.92. The Morgan fingerprint density at radius 2 is 1.76 bits per heavy atom. The minimum atomic E-state index is -4.58. The van der Waals surface area contributed by atoms with Crippen LogP contribution in [0.4, 0.5) is 27.1 Å². The molecule has 0 aliphatic rings. The molecule has 1 heterocycles. The van der Waals surface area contributed by atoms with Gasteiger partial charge in [-0.1, -0.05) is 34.7 Å². The highest BCUT2D eigenvalue weighted by Crippen LogP contribution is 2.37. The number of carbonyl (C=O) groups excluding carboxylic acids is 1. The number of aromatic nitrogens is 1. The van der Waals surface area contributed by atoms with Crippen LogP contribution in [0, 0.1) is 16.5 Å². The second-order valence-corrected chi connectivity index (χ2v) is 6.71. The van der Waals surface area contributed by atoms with Crippen molar-refractivity contribution < 1.29 is 26.7 Å². The lowest BCUT2D eigenvalue weighted by molar-refractivity contribution is -0.137. The molecule has 0 aliphatic heterocycles. The van der Waals surface area contributed by atoms with Gasteiger partial charge in [-0.2, -0.15) is 18.1 Å². The van der Waals surface area contributed by atoms with Gasteiger partial charge in [-0.05, 0) is 29.8 Å². The van der Waals surface area contributed by atoms with Gasteiger partial charge in [0.25, 0.3) is 5.91 Å². The van der Waals surface area contributed by atoms with E-state index in [1.807, 2.05) is 0 Å². The van der Waals surface area contributed by atoms with Gasteiger partial charge < -0.3 is 0 Å².